The zero-order valence-corrected chi connectivity index (χ0v) is 12.0. The Labute approximate surface area is 119 Å². The second kappa shape index (κ2) is 5.80. The van der Waals surface area contributed by atoms with Crippen molar-refractivity contribution in [1.29, 1.82) is 0 Å². The summed E-state index contributed by atoms with van der Waals surface area (Å²) >= 11 is 0. The van der Waals surface area contributed by atoms with E-state index < -0.39 is 0 Å². The first-order valence-corrected chi connectivity index (χ1v) is 7.57. The third-order valence-electron chi connectivity index (χ3n) is 4.29. The zero-order chi connectivity index (χ0) is 13.9. The lowest BCUT2D eigenvalue weighted by atomic mass is 9.87. The SMILES string of the molecule is CCn1nc(CC(O)C2CC=CCC2)c2ccccc21. The summed E-state index contributed by atoms with van der Waals surface area (Å²) in [4.78, 5) is 0. The molecule has 1 aromatic heterocycles. The van der Waals surface area contributed by atoms with Gasteiger partial charge in [0.05, 0.1) is 17.3 Å². The first-order chi connectivity index (χ1) is 9.79. The van der Waals surface area contributed by atoms with Crippen LogP contribution >= 0.6 is 0 Å². The van der Waals surface area contributed by atoms with E-state index in [1.54, 1.807) is 0 Å². The second-order valence-electron chi connectivity index (χ2n) is 5.60. The molecule has 2 unspecified atom stereocenters. The van der Waals surface area contributed by atoms with Crippen molar-refractivity contribution in [3.8, 4) is 0 Å². The van der Waals surface area contributed by atoms with Crippen molar-refractivity contribution in [1.82, 2.24) is 9.78 Å². The molecule has 0 saturated carbocycles. The van der Waals surface area contributed by atoms with Gasteiger partial charge in [-0.25, -0.2) is 0 Å². The van der Waals surface area contributed by atoms with Crippen LogP contribution in [0.25, 0.3) is 10.9 Å². The molecule has 1 N–H and O–H groups in total. The summed E-state index contributed by atoms with van der Waals surface area (Å²) in [5, 5.41) is 16.3. The van der Waals surface area contributed by atoms with Gasteiger partial charge in [-0.3, -0.25) is 4.68 Å². The number of benzene rings is 1. The number of hydrogen-bond acceptors (Lipinski definition) is 2. The number of nitrogens with zero attached hydrogens (tertiary/aromatic N) is 2. The highest BCUT2D eigenvalue weighted by Crippen LogP contribution is 2.26. The molecule has 0 radical (unpaired) electrons. The number of aromatic nitrogens is 2. The molecule has 0 spiro atoms. The van der Waals surface area contributed by atoms with Gasteiger partial charge in [0.2, 0.25) is 0 Å². The van der Waals surface area contributed by atoms with Crippen LogP contribution in [0, 0.1) is 5.92 Å². The topological polar surface area (TPSA) is 38.0 Å². The molecular weight excluding hydrogens is 248 g/mol. The van der Waals surface area contributed by atoms with Crippen LogP contribution in [0.4, 0.5) is 0 Å². The molecule has 1 aromatic carbocycles. The standard InChI is InChI=1S/C17H22N2O/c1-2-19-16-11-7-6-10-14(16)15(18-19)12-17(20)13-8-4-3-5-9-13/h3-4,6-7,10-11,13,17,20H,2,5,8-9,12H2,1H3. The molecule has 1 aliphatic rings. The predicted molar refractivity (Wildman–Crippen MR) is 81.6 cm³/mol. The fourth-order valence-corrected chi connectivity index (χ4v) is 3.12. The van der Waals surface area contributed by atoms with Gasteiger partial charge >= 0.3 is 0 Å². The smallest absolute Gasteiger partial charge is 0.0729 e. The molecular formula is C17H22N2O. The highest BCUT2D eigenvalue weighted by atomic mass is 16.3. The molecule has 2 aromatic rings. The molecule has 1 heterocycles. The number of para-hydroxylation sites is 1. The van der Waals surface area contributed by atoms with Crippen molar-refractivity contribution in [2.75, 3.05) is 0 Å². The molecule has 106 valence electrons. The van der Waals surface area contributed by atoms with E-state index in [1.165, 1.54) is 10.9 Å². The number of aliphatic hydroxyl groups is 1. The summed E-state index contributed by atoms with van der Waals surface area (Å²) in [6, 6.07) is 8.30. The normalized spacial score (nSPS) is 20.4. The predicted octanol–water partition coefficient (Wildman–Crippen LogP) is 3.32. The van der Waals surface area contributed by atoms with Gasteiger partial charge in [0.15, 0.2) is 0 Å². The minimum atomic E-state index is -0.288. The van der Waals surface area contributed by atoms with Gasteiger partial charge in [0, 0.05) is 18.4 Å². The van der Waals surface area contributed by atoms with Gasteiger partial charge in [-0.2, -0.15) is 5.10 Å². The van der Waals surface area contributed by atoms with Gasteiger partial charge in [-0.05, 0) is 38.2 Å². The maximum Gasteiger partial charge on any atom is 0.0729 e. The Hall–Kier alpha value is -1.61. The van der Waals surface area contributed by atoms with E-state index >= 15 is 0 Å². The molecule has 3 rings (SSSR count). The molecule has 0 saturated heterocycles. The highest BCUT2D eigenvalue weighted by molar-refractivity contribution is 5.82. The van der Waals surface area contributed by atoms with Crippen molar-refractivity contribution in [2.45, 2.75) is 45.3 Å². The van der Waals surface area contributed by atoms with Crippen LogP contribution in [0.2, 0.25) is 0 Å². The van der Waals surface area contributed by atoms with Crippen LogP contribution in [0.1, 0.15) is 31.9 Å². The number of aryl methyl sites for hydroxylation is 1. The van der Waals surface area contributed by atoms with Crippen molar-refractivity contribution >= 4 is 10.9 Å². The molecule has 3 heteroatoms. The molecule has 0 aliphatic heterocycles. The van der Waals surface area contributed by atoms with Crippen LogP contribution in [0.3, 0.4) is 0 Å². The maximum atomic E-state index is 10.5. The Kier molecular flexibility index (Phi) is 3.88. The Morgan fingerprint density at radius 3 is 2.95 bits per heavy atom. The summed E-state index contributed by atoms with van der Waals surface area (Å²) in [7, 11) is 0. The van der Waals surface area contributed by atoms with E-state index in [9.17, 15) is 5.11 Å². The Balaban J connectivity index is 1.85. The van der Waals surface area contributed by atoms with Crippen LogP contribution in [-0.4, -0.2) is 21.0 Å². The maximum absolute atomic E-state index is 10.5. The first-order valence-electron chi connectivity index (χ1n) is 7.57. The number of allylic oxidation sites excluding steroid dienone is 2. The van der Waals surface area contributed by atoms with Gasteiger partial charge < -0.3 is 5.11 Å². The Morgan fingerprint density at radius 2 is 2.20 bits per heavy atom. The van der Waals surface area contributed by atoms with Crippen molar-refractivity contribution in [2.24, 2.45) is 5.92 Å². The van der Waals surface area contributed by atoms with Crippen LogP contribution in [0.15, 0.2) is 36.4 Å². The van der Waals surface area contributed by atoms with Crippen molar-refractivity contribution in [3.05, 3.63) is 42.1 Å². The van der Waals surface area contributed by atoms with E-state index in [1.807, 2.05) is 16.8 Å². The Morgan fingerprint density at radius 1 is 1.35 bits per heavy atom. The monoisotopic (exact) mass is 270 g/mol. The lowest BCUT2D eigenvalue weighted by molar-refractivity contribution is 0.101. The van der Waals surface area contributed by atoms with E-state index in [2.05, 4.69) is 36.3 Å². The van der Waals surface area contributed by atoms with Crippen LogP contribution in [-0.2, 0) is 13.0 Å². The molecule has 20 heavy (non-hydrogen) atoms. The summed E-state index contributed by atoms with van der Waals surface area (Å²) in [5.74, 6) is 0.380. The fraction of sp³-hybridized carbons (Fsp3) is 0.471. The van der Waals surface area contributed by atoms with Gasteiger partial charge in [-0.15, -0.1) is 0 Å². The van der Waals surface area contributed by atoms with E-state index in [-0.39, 0.29) is 6.10 Å². The van der Waals surface area contributed by atoms with Gasteiger partial charge in [0.1, 0.15) is 0 Å². The van der Waals surface area contributed by atoms with E-state index in [0.717, 1.165) is 31.5 Å². The fourth-order valence-electron chi connectivity index (χ4n) is 3.12. The zero-order valence-electron chi connectivity index (χ0n) is 12.0. The van der Waals surface area contributed by atoms with Gasteiger partial charge in [-0.1, -0.05) is 30.4 Å². The highest BCUT2D eigenvalue weighted by Gasteiger charge is 2.22. The lowest BCUT2D eigenvalue weighted by Crippen LogP contribution is -2.24. The molecule has 1 aliphatic carbocycles. The third kappa shape index (κ3) is 2.50. The van der Waals surface area contributed by atoms with Crippen LogP contribution < -0.4 is 0 Å². The molecule has 0 bridgehead atoms. The summed E-state index contributed by atoms with van der Waals surface area (Å²) in [5.41, 5.74) is 2.20. The van der Waals surface area contributed by atoms with E-state index in [0.29, 0.717) is 12.3 Å². The summed E-state index contributed by atoms with van der Waals surface area (Å²) in [6.45, 7) is 2.97. The second-order valence-corrected chi connectivity index (χ2v) is 5.60. The Bertz CT molecular complexity index is 614. The third-order valence-corrected chi connectivity index (χ3v) is 4.29. The minimum absolute atomic E-state index is 0.288. The molecule has 0 fully saturated rings. The van der Waals surface area contributed by atoms with E-state index in [4.69, 9.17) is 0 Å². The summed E-state index contributed by atoms with van der Waals surface area (Å²) in [6.07, 6.45) is 7.95. The number of aliphatic hydroxyl groups excluding tert-OH is 1. The lowest BCUT2D eigenvalue weighted by Gasteiger charge is -2.23. The number of fused-ring (bicyclic) bond motifs is 1. The van der Waals surface area contributed by atoms with Crippen molar-refractivity contribution < 1.29 is 5.11 Å². The average molecular weight is 270 g/mol. The number of hydrogen-bond donors (Lipinski definition) is 1. The largest absolute Gasteiger partial charge is 0.392 e. The average Bonchev–Trinajstić information content (AvgIpc) is 2.86. The first kappa shape index (κ1) is 13.4. The quantitative estimate of drug-likeness (QED) is 0.865. The summed E-state index contributed by atoms with van der Waals surface area (Å²) < 4.78 is 2.03. The van der Waals surface area contributed by atoms with Gasteiger partial charge in [0.25, 0.3) is 0 Å². The van der Waals surface area contributed by atoms with Crippen molar-refractivity contribution in [3.63, 3.8) is 0 Å². The number of rotatable bonds is 4. The molecule has 2 atom stereocenters. The van der Waals surface area contributed by atoms with Crippen LogP contribution in [0.5, 0.6) is 0 Å². The minimum Gasteiger partial charge on any atom is -0.392 e. The molecule has 0 amide bonds. The molecule has 3 nitrogen and oxygen atoms in total.